The number of hydrogen-bond donors (Lipinski definition) is 1. The van der Waals surface area contributed by atoms with Crippen molar-refractivity contribution in [3.8, 4) is 23.0 Å². The fraction of sp³-hybridized carbons (Fsp3) is 0.357. The second-order valence-corrected chi connectivity index (χ2v) is 10.8. The Hall–Kier alpha value is -3.92. The standard InChI is InChI=1S/C28H27ClFN7O2/c1-15-7-9-17(10-8-15)14-37-23-22(18-11-19(29)13-31-12-18)32-25(27-35-36-28(38)39-27)33-24(23)34-26(37)16(2)20-5-3-4-6-21(20)30/h3-6,11-13,15-17H,7-10,14H2,1-2H3,(H,36,38). The Bertz CT molecular complexity index is 1700. The summed E-state index contributed by atoms with van der Waals surface area (Å²) in [6.07, 6.45) is 7.74. The van der Waals surface area contributed by atoms with Crippen LogP contribution in [0.25, 0.3) is 34.1 Å². The third kappa shape index (κ3) is 4.96. The van der Waals surface area contributed by atoms with Gasteiger partial charge < -0.3 is 8.98 Å². The van der Waals surface area contributed by atoms with Crippen LogP contribution >= 0.6 is 11.6 Å². The Labute approximate surface area is 228 Å². The molecule has 6 rings (SSSR count). The number of rotatable bonds is 6. The summed E-state index contributed by atoms with van der Waals surface area (Å²) in [5.41, 5.74) is 2.81. The zero-order chi connectivity index (χ0) is 27.1. The lowest BCUT2D eigenvalue weighted by Crippen LogP contribution is -2.20. The molecule has 1 saturated carbocycles. The van der Waals surface area contributed by atoms with E-state index >= 15 is 0 Å². The molecule has 11 heteroatoms. The van der Waals surface area contributed by atoms with Crippen LogP contribution in [-0.2, 0) is 6.54 Å². The van der Waals surface area contributed by atoms with Crippen LogP contribution in [-0.4, -0.2) is 34.7 Å². The summed E-state index contributed by atoms with van der Waals surface area (Å²) in [6, 6.07) is 8.51. The molecule has 9 nitrogen and oxygen atoms in total. The maximum Gasteiger partial charge on any atom is 0.434 e. The molecule has 1 N–H and O–H groups in total. The van der Waals surface area contributed by atoms with Gasteiger partial charge in [-0.15, -0.1) is 5.10 Å². The number of benzene rings is 1. The SMILES string of the molecule is CC1CCC(Cn2c(C(C)c3ccccc3F)nc3nc(-c4n[nH]c(=O)o4)nc(-c4cncc(Cl)c4)c32)CC1. The van der Waals surface area contributed by atoms with Gasteiger partial charge in [0.2, 0.25) is 5.82 Å². The minimum atomic E-state index is -0.717. The van der Waals surface area contributed by atoms with Crippen molar-refractivity contribution in [1.82, 2.24) is 34.7 Å². The summed E-state index contributed by atoms with van der Waals surface area (Å²) >= 11 is 6.32. The summed E-state index contributed by atoms with van der Waals surface area (Å²) in [7, 11) is 0. The van der Waals surface area contributed by atoms with Crippen molar-refractivity contribution >= 4 is 22.8 Å². The maximum absolute atomic E-state index is 14.9. The van der Waals surface area contributed by atoms with Crippen molar-refractivity contribution in [3.05, 3.63) is 75.5 Å². The highest BCUT2D eigenvalue weighted by molar-refractivity contribution is 6.30. The van der Waals surface area contributed by atoms with E-state index in [0.29, 0.717) is 57.2 Å². The maximum atomic E-state index is 14.9. The fourth-order valence-electron chi connectivity index (χ4n) is 5.47. The van der Waals surface area contributed by atoms with Gasteiger partial charge in [0.1, 0.15) is 22.9 Å². The van der Waals surface area contributed by atoms with Gasteiger partial charge >= 0.3 is 5.76 Å². The molecule has 0 aliphatic heterocycles. The second kappa shape index (κ2) is 10.3. The number of aromatic nitrogens is 7. The molecular weight excluding hydrogens is 521 g/mol. The number of fused-ring (bicyclic) bond motifs is 1. The monoisotopic (exact) mass is 547 g/mol. The first-order valence-corrected chi connectivity index (χ1v) is 13.4. The predicted octanol–water partition coefficient (Wildman–Crippen LogP) is 6.00. The zero-order valence-corrected chi connectivity index (χ0v) is 22.3. The van der Waals surface area contributed by atoms with E-state index in [2.05, 4.69) is 31.7 Å². The summed E-state index contributed by atoms with van der Waals surface area (Å²) in [4.78, 5) is 30.3. The minimum absolute atomic E-state index is 0.0577. The quantitative estimate of drug-likeness (QED) is 0.277. The summed E-state index contributed by atoms with van der Waals surface area (Å²) < 4.78 is 22.2. The molecule has 1 aliphatic carbocycles. The van der Waals surface area contributed by atoms with Crippen LogP contribution in [0.15, 0.2) is 51.9 Å². The molecule has 1 aliphatic rings. The van der Waals surface area contributed by atoms with E-state index in [4.69, 9.17) is 26.0 Å². The molecule has 1 aromatic carbocycles. The van der Waals surface area contributed by atoms with Crippen molar-refractivity contribution in [2.24, 2.45) is 11.8 Å². The Kier molecular flexibility index (Phi) is 6.72. The molecule has 0 bridgehead atoms. The topological polar surface area (TPSA) is 115 Å². The zero-order valence-electron chi connectivity index (χ0n) is 21.6. The first kappa shape index (κ1) is 25.4. The van der Waals surface area contributed by atoms with Crippen LogP contribution < -0.4 is 5.76 Å². The molecular formula is C28H27ClFN7O2. The van der Waals surface area contributed by atoms with Gasteiger partial charge in [-0.3, -0.25) is 4.98 Å². The average molecular weight is 548 g/mol. The first-order valence-electron chi connectivity index (χ1n) is 13.1. The number of nitrogens with zero attached hydrogens (tertiary/aromatic N) is 6. The Morgan fingerprint density at radius 2 is 1.95 bits per heavy atom. The normalized spacial score (nSPS) is 18.5. The van der Waals surface area contributed by atoms with Crippen molar-refractivity contribution in [1.29, 1.82) is 0 Å². The molecule has 4 heterocycles. The van der Waals surface area contributed by atoms with E-state index in [0.717, 1.165) is 12.8 Å². The van der Waals surface area contributed by atoms with Gasteiger partial charge in [-0.2, -0.15) is 0 Å². The van der Waals surface area contributed by atoms with Gasteiger partial charge in [0.05, 0.1) is 5.02 Å². The molecule has 0 spiro atoms. The number of pyridine rings is 1. The van der Waals surface area contributed by atoms with Crippen molar-refractivity contribution in [2.45, 2.75) is 52.0 Å². The Morgan fingerprint density at radius 3 is 2.67 bits per heavy atom. The van der Waals surface area contributed by atoms with E-state index in [1.54, 1.807) is 30.6 Å². The van der Waals surface area contributed by atoms with Gasteiger partial charge in [0, 0.05) is 30.4 Å². The average Bonchev–Trinajstić information content (AvgIpc) is 3.53. The van der Waals surface area contributed by atoms with E-state index in [-0.39, 0.29) is 23.5 Å². The molecule has 1 fully saturated rings. The lowest BCUT2D eigenvalue weighted by Gasteiger charge is -2.28. The lowest BCUT2D eigenvalue weighted by atomic mass is 9.83. The predicted molar refractivity (Wildman–Crippen MR) is 145 cm³/mol. The molecule has 4 aromatic heterocycles. The van der Waals surface area contributed by atoms with Gasteiger partial charge in [-0.1, -0.05) is 56.5 Å². The highest BCUT2D eigenvalue weighted by Crippen LogP contribution is 2.37. The lowest BCUT2D eigenvalue weighted by molar-refractivity contribution is 0.264. The molecule has 0 amide bonds. The van der Waals surface area contributed by atoms with Gasteiger partial charge in [-0.25, -0.2) is 29.2 Å². The molecule has 1 unspecified atom stereocenters. The van der Waals surface area contributed by atoms with Crippen LogP contribution in [0.5, 0.6) is 0 Å². The van der Waals surface area contributed by atoms with E-state index in [1.165, 1.54) is 18.9 Å². The summed E-state index contributed by atoms with van der Waals surface area (Å²) in [5.74, 6) is 0.485. The van der Waals surface area contributed by atoms with E-state index in [9.17, 15) is 9.18 Å². The number of nitrogens with one attached hydrogen (secondary N) is 1. The largest absolute Gasteiger partial charge is 0.434 e. The third-order valence-corrected chi connectivity index (χ3v) is 7.78. The molecule has 200 valence electrons. The van der Waals surface area contributed by atoms with Crippen LogP contribution in [0, 0.1) is 17.7 Å². The number of H-pyrrole nitrogens is 1. The Balaban J connectivity index is 1.60. The van der Waals surface area contributed by atoms with Crippen LogP contribution in [0.1, 0.15) is 56.8 Å². The fourth-order valence-corrected chi connectivity index (χ4v) is 5.64. The minimum Gasteiger partial charge on any atom is -0.384 e. The van der Waals surface area contributed by atoms with Gasteiger partial charge in [0.25, 0.3) is 5.89 Å². The number of imidazole rings is 1. The molecule has 1 atom stereocenters. The third-order valence-electron chi connectivity index (χ3n) is 7.58. The molecule has 0 radical (unpaired) electrons. The first-order chi connectivity index (χ1) is 18.9. The van der Waals surface area contributed by atoms with Crippen molar-refractivity contribution < 1.29 is 8.81 Å². The summed E-state index contributed by atoms with van der Waals surface area (Å²) in [6.45, 7) is 4.93. The number of hydrogen-bond acceptors (Lipinski definition) is 7. The van der Waals surface area contributed by atoms with E-state index in [1.807, 2.05) is 13.0 Å². The molecule has 5 aromatic rings. The van der Waals surface area contributed by atoms with Gasteiger partial charge in [-0.05, 0) is 42.4 Å². The van der Waals surface area contributed by atoms with Crippen LogP contribution in [0.4, 0.5) is 4.39 Å². The summed E-state index contributed by atoms with van der Waals surface area (Å²) in [5, 5.41) is 6.61. The van der Waals surface area contributed by atoms with Crippen LogP contribution in [0.3, 0.4) is 0 Å². The van der Waals surface area contributed by atoms with Gasteiger partial charge in [0.15, 0.2) is 5.65 Å². The number of aromatic amines is 1. The van der Waals surface area contributed by atoms with E-state index < -0.39 is 5.76 Å². The van der Waals surface area contributed by atoms with Crippen LogP contribution in [0.2, 0.25) is 5.02 Å². The second-order valence-electron chi connectivity index (χ2n) is 10.3. The van der Waals surface area contributed by atoms with Crippen molar-refractivity contribution in [3.63, 3.8) is 0 Å². The molecule has 0 saturated heterocycles. The molecule has 39 heavy (non-hydrogen) atoms. The highest BCUT2D eigenvalue weighted by atomic mass is 35.5. The smallest absolute Gasteiger partial charge is 0.384 e. The Morgan fingerprint density at radius 1 is 1.15 bits per heavy atom. The number of halogens is 2. The van der Waals surface area contributed by atoms with Crippen molar-refractivity contribution in [2.75, 3.05) is 0 Å². The highest BCUT2D eigenvalue weighted by Gasteiger charge is 2.28.